The predicted octanol–water partition coefficient (Wildman–Crippen LogP) is 3.43. The average Bonchev–Trinajstić information content (AvgIpc) is 2.90. The number of likely N-dealkylation sites (tertiary alicyclic amines) is 1. The Morgan fingerprint density at radius 1 is 1.05 bits per heavy atom. The number of rotatable bonds is 5. The van der Waals surface area contributed by atoms with Crippen LogP contribution in [0.4, 0.5) is 24.5 Å². The van der Waals surface area contributed by atoms with Crippen molar-refractivity contribution in [3.8, 4) is 11.8 Å². The number of halogens is 3. The van der Waals surface area contributed by atoms with E-state index in [0.29, 0.717) is 30.4 Å². The summed E-state index contributed by atoms with van der Waals surface area (Å²) in [5.74, 6) is 5.14. The number of alkyl halides is 3. The van der Waals surface area contributed by atoms with Crippen LogP contribution in [0.15, 0.2) is 65.9 Å². The molecule has 0 unspecified atom stereocenters. The number of anilines is 2. The Labute approximate surface area is 238 Å². The van der Waals surface area contributed by atoms with Crippen molar-refractivity contribution in [3.63, 3.8) is 0 Å². The molecule has 0 aliphatic carbocycles. The molecule has 0 radical (unpaired) electrons. The molecule has 10 heteroatoms. The second kappa shape index (κ2) is 11.6. The third-order valence-electron chi connectivity index (χ3n) is 7.92. The average molecular weight is 566 g/mol. The third-order valence-corrected chi connectivity index (χ3v) is 7.92. The van der Waals surface area contributed by atoms with Crippen LogP contribution in [-0.2, 0) is 11.3 Å². The van der Waals surface area contributed by atoms with Crippen LogP contribution in [-0.4, -0.2) is 79.0 Å². The molecule has 2 saturated heterocycles. The van der Waals surface area contributed by atoms with Gasteiger partial charge in [0.1, 0.15) is 0 Å². The molecule has 3 aliphatic heterocycles. The molecule has 0 bridgehead atoms. The van der Waals surface area contributed by atoms with Crippen LogP contribution in [0.5, 0.6) is 0 Å². The first-order chi connectivity index (χ1) is 19.5. The van der Waals surface area contributed by atoms with Crippen LogP contribution >= 0.6 is 0 Å². The fraction of sp³-hybridized carbons (Fsp3) is 0.387. The molecule has 3 heterocycles. The Morgan fingerprint density at radius 2 is 1.78 bits per heavy atom. The number of carbonyl (C=O) groups is 1. The van der Waals surface area contributed by atoms with E-state index in [1.165, 1.54) is 16.9 Å². The summed E-state index contributed by atoms with van der Waals surface area (Å²) in [4.78, 5) is 20.0. The SMILES string of the molecule is C[C@H]1CN(c2ccc(C#Cc3cccc(CN4CCC4)c3)cc2N2C=C(C(N)=O)C(C(F)(F)F)=C[C@@H]2O)CCN1C. The molecular formula is C31H34F3N5O2. The number of piperazine rings is 1. The molecule has 0 aromatic heterocycles. The molecule has 1 amide bonds. The fourth-order valence-electron chi connectivity index (χ4n) is 5.29. The highest BCUT2D eigenvalue weighted by molar-refractivity contribution is 5.98. The summed E-state index contributed by atoms with van der Waals surface area (Å²) in [5, 5.41) is 10.9. The molecule has 3 aliphatic rings. The number of hydrogen-bond acceptors (Lipinski definition) is 6. The molecule has 2 aromatic carbocycles. The highest BCUT2D eigenvalue weighted by Crippen LogP contribution is 2.39. The lowest BCUT2D eigenvalue weighted by molar-refractivity contribution is -0.117. The van der Waals surface area contributed by atoms with Gasteiger partial charge in [-0.3, -0.25) is 9.69 Å². The van der Waals surface area contributed by atoms with Crippen molar-refractivity contribution in [1.82, 2.24) is 9.80 Å². The number of aliphatic hydroxyl groups is 1. The molecule has 0 saturated carbocycles. The first-order valence-corrected chi connectivity index (χ1v) is 13.7. The number of carbonyl (C=O) groups excluding carboxylic acids is 1. The Kier molecular flexibility index (Phi) is 8.13. The van der Waals surface area contributed by atoms with Gasteiger partial charge >= 0.3 is 6.18 Å². The summed E-state index contributed by atoms with van der Waals surface area (Å²) in [6.07, 6.45) is -3.68. The second-order valence-electron chi connectivity index (χ2n) is 10.9. The van der Waals surface area contributed by atoms with Crippen LogP contribution in [0.25, 0.3) is 0 Å². The largest absolute Gasteiger partial charge is 0.417 e. The molecular weight excluding hydrogens is 531 g/mol. The minimum absolute atomic E-state index is 0.235. The number of aliphatic hydroxyl groups excluding tert-OH is 1. The lowest BCUT2D eigenvalue weighted by atomic mass is 10.0. The first kappa shape index (κ1) is 28.7. The van der Waals surface area contributed by atoms with Crippen molar-refractivity contribution < 1.29 is 23.1 Å². The Morgan fingerprint density at radius 3 is 2.41 bits per heavy atom. The van der Waals surface area contributed by atoms with Gasteiger partial charge in [-0.05, 0) is 75.5 Å². The summed E-state index contributed by atoms with van der Waals surface area (Å²) in [7, 11) is 2.04. The monoisotopic (exact) mass is 565 g/mol. The molecule has 2 fully saturated rings. The lowest BCUT2D eigenvalue weighted by Gasteiger charge is -2.41. The molecule has 0 spiro atoms. The van der Waals surface area contributed by atoms with E-state index in [9.17, 15) is 23.1 Å². The minimum atomic E-state index is -4.85. The number of primary amides is 1. The van der Waals surface area contributed by atoms with Gasteiger partial charge in [-0.15, -0.1) is 0 Å². The zero-order chi connectivity index (χ0) is 29.3. The van der Waals surface area contributed by atoms with Gasteiger partial charge in [-0.2, -0.15) is 13.2 Å². The molecule has 3 N–H and O–H groups in total. The summed E-state index contributed by atoms with van der Waals surface area (Å²) in [6, 6.07) is 13.8. The molecule has 41 heavy (non-hydrogen) atoms. The van der Waals surface area contributed by atoms with Crippen molar-refractivity contribution in [1.29, 1.82) is 0 Å². The van der Waals surface area contributed by atoms with E-state index in [1.807, 2.05) is 31.3 Å². The maximum atomic E-state index is 13.7. The number of nitrogens with zero attached hydrogens (tertiary/aromatic N) is 4. The predicted molar refractivity (Wildman–Crippen MR) is 153 cm³/mol. The van der Waals surface area contributed by atoms with E-state index in [0.717, 1.165) is 43.6 Å². The smallest absolute Gasteiger partial charge is 0.370 e. The maximum absolute atomic E-state index is 13.7. The van der Waals surface area contributed by atoms with Crippen LogP contribution < -0.4 is 15.5 Å². The maximum Gasteiger partial charge on any atom is 0.417 e. The normalized spacial score (nSPS) is 21.9. The van der Waals surface area contributed by atoms with E-state index in [-0.39, 0.29) is 6.04 Å². The molecule has 2 aromatic rings. The van der Waals surface area contributed by atoms with Crippen molar-refractivity contribution in [3.05, 3.63) is 82.6 Å². The van der Waals surface area contributed by atoms with E-state index in [4.69, 9.17) is 5.73 Å². The Hall–Kier alpha value is -3.78. The summed E-state index contributed by atoms with van der Waals surface area (Å²) in [6.45, 7) is 7.34. The van der Waals surface area contributed by atoms with Gasteiger partial charge in [0, 0.05) is 49.5 Å². The number of likely N-dealkylation sites (N-methyl/N-ethyl adjacent to an activating group) is 1. The van der Waals surface area contributed by atoms with E-state index in [2.05, 4.69) is 45.6 Å². The zero-order valence-electron chi connectivity index (χ0n) is 23.2. The second-order valence-corrected chi connectivity index (χ2v) is 10.9. The first-order valence-electron chi connectivity index (χ1n) is 13.7. The van der Waals surface area contributed by atoms with Gasteiger partial charge in [0.05, 0.1) is 22.5 Å². The van der Waals surface area contributed by atoms with Crippen LogP contribution in [0, 0.1) is 11.8 Å². The van der Waals surface area contributed by atoms with Crippen LogP contribution in [0.1, 0.15) is 30.0 Å². The van der Waals surface area contributed by atoms with Gasteiger partial charge in [0.25, 0.3) is 5.91 Å². The molecule has 216 valence electrons. The molecule has 7 nitrogen and oxygen atoms in total. The van der Waals surface area contributed by atoms with Crippen LogP contribution in [0.2, 0.25) is 0 Å². The van der Waals surface area contributed by atoms with Crippen molar-refractivity contribution >= 4 is 17.3 Å². The summed E-state index contributed by atoms with van der Waals surface area (Å²) < 4.78 is 41.0. The number of nitrogens with two attached hydrogens (primary N) is 1. The Balaban J connectivity index is 1.52. The zero-order valence-corrected chi connectivity index (χ0v) is 23.2. The standard InChI is InChI=1S/C31H34F3N5O2/c1-21-18-38(14-13-36(21)2)27-10-9-23(8-7-22-5-3-6-24(15-22)19-37-11-4-12-37)16-28(27)39-20-25(30(35)41)26(17-29(39)40)31(32,33)34/h3,5-6,9-10,15-17,20-21,29,40H,4,11-14,18-19H2,1-2H3,(H2,35,41)/t21-,29-/m0/s1. The van der Waals surface area contributed by atoms with E-state index >= 15 is 0 Å². The van der Waals surface area contributed by atoms with Crippen molar-refractivity contribution in [2.24, 2.45) is 5.73 Å². The fourth-order valence-corrected chi connectivity index (χ4v) is 5.29. The van der Waals surface area contributed by atoms with Gasteiger partial charge in [0.15, 0.2) is 6.23 Å². The van der Waals surface area contributed by atoms with E-state index < -0.39 is 29.5 Å². The minimum Gasteiger partial charge on any atom is -0.370 e. The summed E-state index contributed by atoms with van der Waals surface area (Å²) >= 11 is 0. The number of amides is 1. The Bertz CT molecular complexity index is 1440. The van der Waals surface area contributed by atoms with Gasteiger partial charge in [0.2, 0.25) is 0 Å². The topological polar surface area (TPSA) is 76.3 Å². The van der Waals surface area contributed by atoms with E-state index in [1.54, 1.807) is 6.07 Å². The van der Waals surface area contributed by atoms with Gasteiger partial charge in [-0.25, -0.2) is 0 Å². The number of benzene rings is 2. The lowest BCUT2D eigenvalue weighted by Crippen LogP contribution is -2.50. The molecule has 5 rings (SSSR count). The third kappa shape index (κ3) is 6.43. The highest BCUT2D eigenvalue weighted by atomic mass is 19.4. The molecule has 2 atom stereocenters. The quantitative estimate of drug-likeness (QED) is 0.542. The summed E-state index contributed by atoms with van der Waals surface area (Å²) in [5.41, 5.74) is 7.20. The van der Waals surface area contributed by atoms with Gasteiger partial charge < -0.3 is 25.5 Å². The number of hydrogen-bond donors (Lipinski definition) is 2. The van der Waals surface area contributed by atoms with Crippen LogP contribution in [0.3, 0.4) is 0 Å². The van der Waals surface area contributed by atoms with Gasteiger partial charge in [-0.1, -0.05) is 24.0 Å². The van der Waals surface area contributed by atoms with Crippen molar-refractivity contribution in [2.45, 2.75) is 38.3 Å². The van der Waals surface area contributed by atoms with Crippen molar-refractivity contribution in [2.75, 3.05) is 49.6 Å². The highest BCUT2D eigenvalue weighted by Gasteiger charge is 2.41.